The first-order chi connectivity index (χ1) is 30.1. The highest BCUT2D eigenvalue weighted by atomic mass is 16.5. The second-order valence-corrected chi connectivity index (χ2v) is 18.9. The normalized spacial score (nSPS) is 21.1. The number of benzene rings is 2. The van der Waals surface area contributed by atoms with Gasteiger partial charge in [0.25, 0.3) is 5.91 Å². The molecule has 7 rings (SSSR count). The number of likely N-dealkylation sites (N-methyl/N-ethyl adjacent to an activating group) is 1. The number of phenolic OH excluding ortho intramolecular Hbond substituents is 1. The molecule has 0 unspecified atom stereocenters. The van der Waals surface area contributed by atoms with E-state index >= 15 is 0 Å². The highest BCUT2D eigenvalue weighted by Crippen LogP contribution is 2.41. The second kappa shape index (κ2) is 19.2. The number of phenols is 1. The van der Waals surface area contributed by atoms with Crippen LogP contribution < -0.4 is 10.7 Å². The van der Waals surface area contributed by atoms with Gasteiger partial charge in [-0.3, -0.25) is 34.1 Å². The first-order valence-corrected chi connectivity index (χ1v) is 22.5. The molecule has 0 aliphatic carbocycles. The van der Waals surface area contributed by atoms with Gasteiger partial charge in [-0.15, -0.1) is 0 Å². The fourth-order valence-corrected chi connectivity index (χ4v) is 9.98. The number of carbonyl (C=O) groups excluding carboxylic acids is 4. The molecule has 63 heavy (non-hydrogen) atoms. The molecule has 3 N–H and O–H groups in total. The van der Waals surface area contributed by atoms with Crippen LogP contribution in [-0.4, -0.2) is 118 Å². The largest absolute Gasteiger partial charge is 0.508 e. The number of amides is 3. The Hall–Kier alpha value is -5.31. The Labute approximate surface area is 371 Å². The summed E-state index contributed by atoms with van der Waals surface area (Å²) < 4.78 is 14.0. The topological polar surface area (TPSA) is 159 Å². The summed E-state index contributed by atoms with van der Waals surface area (Å²) >= 11 is 0. The van der Waals surface area contributed by atoms with E-state index in [0.717, 1.165) is 51.0 Å². The number of fused-ring (bicyclic) bond motifs is 6. The first kappa shape index (κ1) is 45.7. The fraction of sp³-hybridized carbons (Fsp3) is 0.531. The molecular weight excluding hydrogens is 799 g/mol. The molecule has 3 amide bonds. The molecule has 0 spiro atoms. The zero-order valence-corrected chi connectivity index (χ0v) is 38.2. The number of nitrogens with zero attached hydrogens (tertiary/aromatic N) is 5. The number of nitrogens with one attached hydrogen (secondary N) is 2. The second-order valence-electron chi connectivity index (χ2n) is 18.9. The van der Waals surface area contributed by atoms with Gasteiger partial charge in [-0.05, 0) is 110 Å². The molecule has 5 heterocycles. The molecule has 14 nitrogen and oxygen atoms in total. The Morgan fingerprint density at radius 2 is 1.89 bits per heavy atom. The van der Waals surface area contributed by atoms with Gasteiger partial charge < -0.3 is 29.4 Å². The van der Waals surface area contributed by atoms with Crippen molar-refractivity contribution in [2.45, 2.75) is 105 Å². The van der Waals surface area contributed by atoms with Crippen molar-refractivity contribution in [2.24, 2.45) is 17.3 Å². The van der Waals surface area contributed by atoms with Gasteiger partial charge in [0.2, 0.25) is 11.8 Å². The SMILES string of the molecule is CCn1c(-c2cccnc2COC)c2c3cc(ccc31)-c1cc(O)cc(c1)C[C@H](NC(=O)[C@H](C(C)C)N(C)C[C@H]1CCN(C(C)=O)C1)C(=O)N1CCC[C@H](N1)C(=O)OCC(C)(C)C2. The van der Waals surface area contributed by atoms with Gasteiger partial charge in [0.15, 0.2) is 0 Å². The zero-order chi connectivity index (χ0) is 45.2. The molecule has 0 radical (unpaired) electrons. The van der Waals surface area contributed by atoms with E-state index in [1.807, 2.05) is 42.8 Å². The summed E-state index contributed by atoms with van der Waals surface area (Å²) in [5.41, 5.74) is 9.91. The smallest absolute Gasteiger partial charge is 0.324 e. The molecule has 2 saturated heterocycles. The Morgan fingerprint density at radius 1 is 1.10 bits per heavy atom. The number of aromatic nitrogens is 2. The molecule has 3 aliphatic heterocycles. The Balaban J connectivity index is 1.30. The number of aromatic hydroxyl groups is 1. The van der Waals surface area contributed by atoms with Crippen molar-refractivity contribution < 1.29 is 33.8 Å². The van der Waals surface area contributed by atoms with Crippen LogP contribution in [0.2, 0.25) is 0 Å². The van der Waals surface area contributed by atoms with E-state index in [2.05, 4.69) is 60.3 Å². The van der Waals surface area contributed by atoms with Crippen LogP contribution >= 0.6 is 0 Å². The van der Waals surface area contributed by atoms with E-state index < -0.39 is 29.5 Å². The Kier molecular flexibility index (Phi) is 13.9. The maximum Gasteiger partial charge on any atom is 0.324 e. The number of hydrogen-bond donors (Lipinski definition) is 3. The van der Waals surface area contributed by atoms with Gasteiger partial charge in [0, 0.05) is 81.3 Å². The Morgan fingerprint density at radius 3 is 2.60 bits per heavy atom. The number of aryl methyl sites for hydroxylation is 1. The number of ether oxygens (including phenoxy) is 2. The van der Waals surface area contributed by atoms with E-state index in [1.165, 1.54) is 5.01 Å². The number of hydrazine groups is 1. The molecule has 3 aliphatic rings. The lowest BCUT2D eigenvalue weighted by atomic mass is 9.84. The van der Waals surface area contributed by atoms with Crippen molar-refractivity contribution >= 4 is 34.6 Å². The van der Waals surface area contributed by atoms with Crippen LogP contribution in [0.3, 0.4) is 0 Å². The van der Waals surface area contributed by atoms with Crippen molar-refractivity contribution in [3.05, 3.63) is 71.5 Å². The summed E-state index contributed by atoms with van der Waals surface area (Å²) in [7, 11) is 3.59. The minimum Gasteiger partial charge on any atom is -0.508 e. The molecular formula is C49H65N7O7. The lowest BCUT2D eigenvalue weighted by molar-refractivity contribution is -0.155. The molecule has 2 aromatic heterocycles. The standard InChI is InChI=1S/C49H65N7O7/c1-9-55-43-15-14-34-24-38(43)39(45(55)37-12-10-17-50-42(37)28-62-8)25-49(5,6)29-63-48(61)40-13-11-18-56(52-40)47(60)41(22-33-20-35(34)23-36(58)21-33)51-46(59)44(30(2)3)53(7)26-32-16-19-54(27-32)31(4)57/h10,12,14-15,17,20-21,23-24,30,32,40-41,44,52,58H,9,11,13,16,18-19,22,25-29H2,1-8H3,(H,51,59)/t32-,40+,41+,44+/m1/s1. The van der Waals surface area contributed by atoms with Crippen LogP contribution in [-0.2, 0) is 54.6 Å². The number of likely N-dealkylation sites (tertiary alicyclic amines) is 1. The molecule has 2 fully saturated rings. The lowest BCUT2D eigenvalue weighted by Crippen LogP contribution is -2.62. The van der Waals surface area contributed by atoms with Crippen LogP contribution in [0.15, 0.2) is 54.7 Å². The van der Waals surface area contributed by atoms with E-state index in [9.17, 15) is 24.3 Å². The molecule has 0 saturated carbocycles. The number of rotatable bonds is 10. The maximum absolute atomic E-state index is 14.7. The van der Waals surface area contributed by atoms with Gasteiger partial charge in [-0.1, -0.05) is 39.8 Å². The number of carbonyl (C=O) groups is 4. The van der Waals surface area contributed by atoms with Crippen LogP contribution in [0.4, 0.5) is 0 Å². The van der Waals surface area contributed by atoms with Crippen LogP contribution in [0, 0.1) is 17.3 Å². The summed E-state index contributed by atoms with van der Waals surface area (Å²) in [6, 6.07) is 13.3. The minimum atomic E-state index is -1.03. The first-order valence-electron chi connectivity index (χ1n) is 22.5. The summed E-state index contributed by atoms with van der Waals surface area (Å²) in [6.45, 7) is 15.4. The van der Waals surface area contributed by atoms with Crippen molar-refractivity contribution in [3.63, 3.8) is 0 Å². The van der Waals surface area contributed by atoms with Gasteiger partial charge in [-0.2, -0.15) is 0 Å². The van der Waals surface area contributed by atoms with Gasteiger partial charge in [0.05, 0.1) is 30.6 Å². The summed E-state index contributed by atoms with van der Waals surface area (Å²) in [4.78, 5) is 63.7. The molecule has 4 atom stereocenters. The summed E-state index contributed by atoms with van der Waals surface area (Å²) in [5, 5.41) is 16.9. The van der Waals surface area contributed by atoms with Crippen molar-refractivity contribution in [1.29, 1.82) is 0 Å². The average Bonchev–Trinajstić information content (AvgIpc) is 3.84. The highest BCUT2D eigenvalue weighted by molar-refractivity contribution is 5.95. The quantitative estimate of drug-likeness (QED) is 0.169. The highest BCUT2D eigenvalue weighted by Gasteiger charge is 2.38. The van der Waals surface area contributed by atoms with Gasteiger partial charge >= 0.3 is 5.97 Å². The average molecular weight is 864 g/mol. The zero-order valence-electron chi connectivity index (χ0n) is 38.2. The third kappa shape index (κ3) is 10.1. The van der Waals surface area contributed by atoms with E-state index in [-0.39, 0.29) is 48.3 Å². The maximum atomic E-state index is 14.7. The molecule has 4 aromatic rings. The van der Waals surface area contributed by atoms with Gasteiger partial charge in [0.1, 0.15) is 17.8 Å². The minimum absolute atomic E-state index is 0.0390. The van der Waals surface area contributed by atoms with Crippen LogP contribution in [0.5, 0.6) is 5.75 Å². The van der Waals surface area contributed by atoms with E-state index in [4.69, 9.17) is 14.5 Å². The monoisotopic (exact) mass is 863 g/mol. The number of cyclic esters (lactones) is 1. The third-order valence-corrected chi connectivity index (χ3v) is 12.9. The molecule has 14 heteroatoms. The number of pyridine rings is 1. The number of hydrogen-bond acceptors (Lipinski definition) is 10. The van der Waals surface area contributed by atoms with Crippen LogP contribution in [0.25, 0.3) is 33.3 Å². The van der Waals surface area contributed by atoms with Crippen molar-refractivity contribution in [1.82, 2.24) is 35.1 Å². The molecule has 338 valence electrons. The van der Waals surface area contributed by atoms with Crippen LogP contribution in [0.1, 0.15) is 77.6 Å². The predicted octanol–water partition coefficient (Wildman–Crippen LogP) is 5.72. The number of methoxy groups -OCH3 is 1. The fourth-order valence-electron chi connectivity index (χ4n) is 9.98. The van der Waals surface area contributed by atoms with Gasteiger partial charge in [-0.25, -0.2) is 5.43 Å². The summed E-state index contributed by atoms with van der Waals surface area (Å²) in [6.07, 6.45) is 4.34. The molecule has 2 aromatic carbocycles. The lowest BCUT2D eigenvalue weighted by Gasteiger charge is -2.37. The Bertz CT molecular complexity index is 2340. The summed E-state index contributed by atoms with van der Waals surface area (Å²) in [5.74, 6) is -0.888. The van der Waals surface area contributed by atoms with E-state index in [0.29, 0.717) is 64.2 Å². The van der Waals surface area contributed by atoms with Crippen molar-refractivity contribution in [3.8, 4) is 28.1 Å². The predicted molar refractivity (Wildman–Crippen MR) is 242 cm³/mol. The number of esters is 1. The van der Waals surface area contributed by atoms with Crippen molar-refractivity contribution in [2.75, 3.05) is 46.9 Å². The third-order valence-electron chi connectivity index (χ3n) is 12.9. The molecule has 6 bridgehead atoms. The van der Waals surface area contributed by atoms with E-state index in [1.54, 1.807) is 32.4 Å².